The van der Waals surface area contributed by atoms with Crippen molar-refractivity contribution in [3.05, 3.63) is 29.8 Å². The number of nitrogens with zero attached hydrogens (tertiary/aromatic N) is 3. The van der Waals surface area contributed by atoms with E-state index in [0.29, 0.717) is 0 Å². The van der Waals surface area contributed by atoms with Crippen LogP contribution in [0.1, 0.15) is 37.7 Å². The predicted octanol–water partition coefficient (Wildman–Crippen LogP) is 2.31. The molecule has 0 amide bonds. The van der Waals surface area contributed by atoms with Gasteiger partial charge in [0.15, 0.2) is 5.11 Å². The maximum absolute atomic E-state index is 5.34. The molecule has 0 atom stereocenters. The van der Waals surface area contributed by atoms with Crippen LogP contribution >= 0.6 is 12.2 Å². The molecular weight excluding hydrogens is 318 g/mol. The van der Waals surface area contributed by atoms with Crippen LogP contribution in [0.4, 0.5) is 5.69 Å². The van der Waals surface area contributed by atoms with E-state index in [1.165, 1.54) is 50.9 Å². The van der Waals surface area contributed by atoms with Gasteiger partial charge in [-0.2, -0.15) is 5.10 Å². The van der Waals surface area contributed by atoms with E-state index in [0.717, 1.165) is 24.7 Å². The summed E-state index contributed by atoms with van der Waals surface area (Å²) in [6.45, 7) is 4.61. The normalized spacial score (nSPS) is 20.4. The van der Waals surface area contributed by atoms with Crippen molar-refractivity contribution in [1.82, 2.24) is 10.3 Å². The van der Waals surface area contributed by atoms with Crippen molar-refractivity contribution in [2.45, 2.75) is 38.1 Å². The summed E-state index contributed by atoms with van der Waals surface area (Å²) in [5.74, 6) is 0. The Kier molecular flexibility index (Phi) is 6.04. The minimum Gasteiger partial charge on any atom is -0.375 e. The van der Waals surface area contributed by atoms with Crippen LogP contribution in [0, 0.1) is 0 Å². The number of thiocarbonyl (C=S) groups is 1. The zero-order valence-corrected chi connectivity index (χ0v) is 15.0. The minimum absolute atomic E-state index is 0.179. The van der Waals surface area contributed by atoms with Crippen LogP contribution in [-0.4, -0.2) is 48.4 Å². The molecule has 5 nitrogen and oxygen atoms in total. The summed E-state index contributed by atoms with van der Waals surface area (Å²) in [6.07, 6.45) is 8.78. The smallest absolute Gasteiger partial charge is 0.184 e. The van der Waals surface area contributed by atoms with Gasteiger partial charge in [-0.3, -0.25) is 10.3 Å². The largest absolute Gasteiger partial charge is 0.375 e. The van der Waals surface area contributed by atoms with E-state index in [1.54, 1.807) is 6.21 Å². The van der Waals surface area contributed by atoms with Gasteiger partial charge < -0.3 is 10.6 Å². The highest BCUT2D eigenvalue weighted by atomic mass is 32.1. The van der Waals surface area contributed by atoms with Crippen molar-refractivity contribution in [3.8, 4) is 0 Å². The number of piperazine rings is 1. The minimum atomic E-state index is 0.179. The Bertz CT molecular complexity index is 557. The van der Waals surface area contributed by atoms with Crippen molar-refractivity contribution in [2.24, 2.45) is 10.8 Å². The Morgan fingerprint density at radius 2 is 1.75 bits per heavy atom. The Balaban J connectivity index is 1.50. The van der Waals surface area contributed by atoms with Crippen LogP contribution < -0.4 is 16.1 Å². The van der Waals surface area contributed by atoms with E-state index < -0.39 is 0 Å². The molecule has 130 valence electrons. The molecule has 1 aliphatic carbocycles. The molecule has 0 bridgehead atoms. The second kappa shape index (κ2) is 8.44. The second-order valence-corrected chi connectivity index (χ2v) is 7.08. The van der Waals surface area contributed by atoms with E-state index in [-0.39, 0.29) is 5.11 Å². The summed E-state index contributed by atoms with van der Waals surface area (Å²) < 4.78 is 0. The van der Waals surface area contributed by atoms with Gasteiger partial charge in [-0.1, -0.05) is 31.4 Å². The lowest BCUT2D eigenvalue weighted by Crippen LogP contribution is -2.50. The van der Waals surface area contributed by atoms with Crippen molar-refractivity contribution < 1.29 is 0 Å². The average Bonchev–Trinajstić information content (AvgIpc) is 2.63. The van der Waals surface area contributed by atoms with Gasteiger partial charge in [0.1, 0.15) is 0 Å². The van der Waals surface area contributed by atoms with Crippen LogP contribution in [0.5, 0.6) is 0 Å². The van der Waals surface area contributed by atoms with Crippen LogP contribution in [0.2, 0.25) is 0 Å². The summed E-state index contributed by atoms with van der Waals surface area (Å²) in [4.78, 5) is 5.19. The van der Waals surface area contributed by atoms with E-state index in [4.69, 9.17) is 18.0 Å². The first-order valence-electron chi connectivity index (χ1n) is 8.90. The van der Waals surface area contributed by atoms with Gasteiger partial charge in [0.2, 0.25) is 0 Å². The molecule has 0 unspecified atom stereocenters. The fourth-order valence-corrected chi connectivity index (χ4v) is 3.79. The number of anilines is 1. The zero-order valence-electron chi connectivity index (χ0n) is 14.2. The fourth-order valence-electron chi connectivity index (χ4n) is 3.73. The number of nitrogens with one attached hydrogen (secondary N) is 1. The molecule has 3 rings (SSSR count). The monoisotopic (exact) mass is 345 g/mol. The van der Waals surface area contributed by atoms with E-state index >= 15 is 0 Å². The molecule has 1 aromatic rings. The lowest BCUT2D eigenvalue weighted by atomic mass is 9.94. The molecule has 1 heterocycles. The summed E-state index contributed by atoms with van der Waals surface area (Å²) in [5.41, 5.74) is 10.2. The van der Waals surface area contributed by atoms with Crippen molar-refractivity contribution in [3.63, 3.8) is 0 Å². The summed E-state index contributed by atoms with van der Waals surface area (Å²) in [7, 11) is 0. The van der Waals surface area contributed by atoms with Gasteiger partial charge in [-0.25, -0.2) is 0 Å². The Labute approximate surface area is 149 Å². The van der Waals surface area contributed by atoms with Crippen LogP contribution in [0.3, 0.4) is 0 Å². The molecular formula is C18H27N5S. The molecule has 1 aliphatic heterocycles. The van der Waals surface area contributed by atoms with Gasteiger partial charge in [0.05, 0.1) is 6.21 Å². The quantitative estimate of drug-likeness (QED) is 0.498. The second-order valence-electron chi connectivity index (χ2n) is 6.64. The average molecular weight is 346 g/mol. The lowest BCUT2D eigenvalue weighted by Gasteiger charge is -2.41. The molecule has 1 saturated carbocycles. The molecule has 0 aromatic heterocycles. The standard InChI is InChI=1S/C18H27N5S/c19-18(24)21-20-14-15-6-8-17(9-7-15)23-12-10-22(11-13-23)16-4-2-1-3-5-16/h6-9,14,16H,1-5,10-13H2,(H3,19,21,24). The summed E-state index contributed by atoms with van der Waals surface area (Å²) >= 11 is 4.72. The molecule has 2 fully saturated rings. The van der Waals surface area contributed by atoms with Crippen molar-refractivity contribution in [2.75, 3.05) is 31.1 Å². The Morgan fingerprint density at radius 1 is 1.08 bits per heavy atom. The number of hydrazone groups is 1. The first-order chi connectivity index (χ1) is 11.7. The molecule has 1 aromatic carbocycles. The molecule has 24 heavy (non-hydrogen) atoms. The highest BCUT2D eigenvalue weighted by Gasteiger charge is 2.25. The molecule has 0 spiro atoms. The molecule has 0 radical (unpaired) electrons. The summed E-state index contributed by atoms with van der Waals surface area (Å²) in [6, 6.07) is 9.32. The zero-order chi connectivity index (χ0) is 16.8. The first-order valence-corrected chi connectivity index (χ1v) is 9.31. The maximum Gasteiger partial charge on any atom is 0.184 e. The molecule has 3 N–H and O–H groups in total. The van der Waals surface area contributed by atoms with E-state index in [2.05, 4.69) is 44.6 Å². The van der Waals surface area contributed by atoms with Gasteiger partial charge in [0, 0.05) is 37.9 Å². The van der Waals surface area contributed by atoms with Crippen LogP contribution in [0.15, 0.2) is 29.4 Å². The highest BCUT2D eigenvalue weighted by molar-refractivity contribution is 7.80. The Morgan fingerprint density at radius 3 is 2.38 bits per heavy atom. The number of rotatable bonds is 4. The third kappa shape index (κ3) is 4.68. The predicted molar refractivity (Wildman–Crippen MR) is 105 cm³/mol. The lowest BCUT2D eigenvalue weighted by molar-refractivity contribution is 0.148. The van der Waals surface area contributed by atoms with Gasteiger partial charge in [-0.05, 0) is 42.8 Å². The molecule has 1 saturated heterocycles. The van der Waals surface area contributed by atoms with Gasteiger partial charge in [0.25, 0.3) is 0 Å². The number of nitrogens with two attached hydrogens (primary N) is 1. The third-order valence-electron chi connectivity index (χ3n) is 5.05. The van der Waals surface area contributed by atoms with Gasteiger partial charge in [-0.15, -0.1) is 0 Å². The van der Waals surface area contributed by atoms with Crippen molar-refractivity contribution in [1.29, 1.82) is 0 Å². The SMILES string of the molecule is NC(=S)NN=Cc1ccc(N2CCN(C3CCCCC3)CC2)cc1. The topological polar surface area (TPSA) is 56.9 Å². The maximum atomic E-state index is 5.34. The van der Waals surface area contributed by atoms with E-state index in [9.17, 15) is 0 Å². The van der Waals surface area contributed by atoms with E-state index in [1.807, 2.05) is 0 Å². The van der Waals surface area contributed by atoms with Crippen LogP contribution in [0.25, 0.3) is 0 Å². The highest BCUT2D eigenvalue weighted by Crippen LogP contribution is 2.25. The molecule has 6 heteroatoms. The van der Waals surface area contributed by atoms with Gasteiger partial charge >= 0.3 is 0 Å². The fraction of sp³-hybridized carbons (Fsp3) is 0.556. The number of hydrogen-bond acceptors (Lipinski definition) is 4. The summed E-state index contributed by atoms with van der Waals surface area (Å²) in [5, 5.41) is 4.16. The molecule has 2 aliphatic rings. The first kappa shape index (κ1) is 17.2. The van der Waals surface area contributed by atoms with Crippen molar-refractivity contribution >= 4 is 29.2 Å². The van der Waals surface area contributed by atoms with Crippen LogP contribution in [-0.2, 0) is 0 Å². The Hall–Kier alpha value is -1.66. The number of benzene rings is 1. The number of hydrogen-bond donors (Lipinski definition) is 2. The third-order valence-corrected chi connectivity index (χ3v) is 5.14.